The lowest BCUT2D eigenvalue weighted by Gasteiger charge is -2.63. The second-order valence-electron chi connectivity index (χ2n) is 5.42. The molecule has 0 spiro atoms. The van der Waals surface area contributed by atoms with E-state index in [0.29, 0.717) is 12.8 Å². The fourth-order valence-corrected chi connectivity index (χ4v) is 7.00. The van der Waals surface area contributed by atoms with Crippen LogP contribution < -0.4 is 0 Å². The Hall–Kier alpha value is 0.0400. The summed E-state index contributed by atoms with van der Waals surface area (Å²) in [6, 6.07) is 0. The van der Waals surface area contributed by atoms with Gasteiger partial charge < -0.3 is 19.6 Å². The van der Waals surface area contributed by atoms with Crippen LogP contribution in [0.4, 0.5) is 0 Å². The molecule has 8 heteroatoms. The third kappa shape index (κ3) is 1.43. The van der Waals surface area contributed by atoms with Crippen molar-refractivity contribution < 1.29 is 28.7 Å². The molecule has 0 aromatic carbocycles. The molecule has 0 radical (unpaired) electrons. The lowest BCUT2D eigenvalue weighted by Crippen LogP contribution is -2.61. The molecule has 0 amide bonds. The predicted molar refractivity (Wildman–Crippen MR) is 59.2 cm³/mol. The van der Waals surface area contributed by atoms with Gasteiger partial charge in [-0.3, -0.25) is 9.13 Å². The van der Waals surface area contributed by atoms with Gasteiger partial charge in [-0.2, -0.15) is 0 Å². The first-order chi connectivity index (χ1) is 7.65. The highest BCUT2D eigenvalue weighted by Gasteiger charge is 2.71. The standard InChI is InChI=1S/C9H14O6P2/c10-16(11,12)7-2-5-1-6-4-9(3-5,8(6)7)17(13,14)15/h2,5-6,8H,1,3-4H2,(H2,10,11,12)(H2,13,14,15)/t5-,6-,8+,9-/m0/s1. The van der Waals surface area contributed by atoms with Crippen LogP contribution in [-0.2, 0) is 9.13 Å². The average molecular weight is 280 g/mol. The Labute approximate surface area is 98.1 Å². The largest absolute Gasteiger partial charge is 0.352 e. The zero-order chi connectivity index (χ0) is 12.6. The van der Waals surface area contributed by atoms with Crippen LogP contribution in [0.25, 0.3) is 0 Å². The summed E-state index contributed by atoms with van der Waals surface area (Å²) in [5, 5.41) is -1.22. The van der Waals surface area contributed by atoms with Gasteiger partial charge in [0.1, 0.15) is 0 Å². The predicted octanol–water partition coefficient (Wildman–Crippen LogP) is 1.02. The first-order valence-electron chi connectivity index (χ1n) is 5.49. The molecule has 96 valence electrons. The minimum atomic E-state index is -4.38. The smallest absolute Gasteiger partial charge is 0.324 e. The van der Waals surface area contributed by atoms with Gasteiger partial charge in [-0.25, -0.2) is 0 Å². The maximum atomic E-state index is 11.6. The van der Waals surface area contributed by atoms with Crippen LogP contribution in [-0.4, -0.2) is 24.7 Å². The Morgan fingerprint density at radius 1 is 1.18 bits per heavy atom. The van der Waals surface area contributed by atoms with E-state index in [9.17, 15) is 28.7 Å². The van der Waals surface area contributed by atoms with Gasteiger partial charge in [-0.15, -0.1) is 0 Å². The first-order valence-corrected chi connectivity index (χ1v) is 8.71. The van der Waals surface area contributed by atoms with Crippen molar-refractivity contribution in [2.45, 2.75) is 24.4 Å². The topological polar surface area (TPSA) is 115 Å². The van der Waals surface area contributed by atoms with Gasteiger partial charge in [-0.1, -0.05) is 6.08 Å². The SMILES string of the molecule is O=P(O)(O)C1=C[C@@H]2C[C@H]3C[C@@](P(=O)(O)O)(C2)[C@@H]13. The van der Waals surface area contributed by atoms with E-state index in [1.807, 2.05) is 0 Å². The van der Waals surface area contributed by atoms with Gasteiger partial charge in [0.15, 0.2) is 0 Å². The molecule has 0 aromatic rings. The molecule has 0 saturated heterocycles. The molecule has 4 N–H and O–H groups in total. The zero-order valence-corrected chi connectivity index (χ0v) is 10.7. The number of hydrogen-bond donors (Lipinski definition) is 4. The summed E-state index contributed by atoms with van der Waals surface area (Å²) < 4.78 is 23.0. The van der Waals surface area contributed by atoms with Crippen molar-refractivity contribution in [2.75, 3.05) is 0 Å². The Bertz CT molecular complexity index is 502. The molecule has 3 fully saturated rings. The van der Waals surface area contributed by atoms with Crippen molar-refractivity contribution in [3.63, 3.8) is 0 Å². The van der Waals surface area contributed by atoms with Crippen LogP contribution in [0.5, 0.6) is 0 Å². The molecule has 0 unspecified atom stereocenters. The quantitative estimate of drug-likeness (QED) is 0.561. The summed E-state index contributed by atoms with van der Waals surface area (Å²) in [4.78, 5) is 37.5. The van der Waals surface area contributed by atoms with Crippen LogP contribution in [0, 0.1) is 17.8 Å². The average Bonchev–Trinajstić information content (AvgIpc) is 2.13. The van der Waals surface area contributed by atoms with Crippen molar-refractivity contribution in [2.24, 2.45) is 17.8 Å². The Kier molecular flexibility index (Phi) is 2.23. The molecule has 4 atom stereocenters. The second kappa shape index (κ2) is 3.13. The van der Waals surface area contributed by atoms with E-state index in [4.69, 9.17) is 0 Å². The molecule has 4 bridgehead atoms. The highest BCUT2D eigenvalue weighted by Crippen LogP contribution is 2.79. The third-order valence-electron chi connectivity index (χ3n) is 4.53. The van der Waals surface area contributed by atoms with Crippen molar-refractivity contribution in [3.8, 4) is 0 Å². The van der Waals surface area contributed by atoms with Gasteiger partial charge in [0.05, 0.1) is 5.16 Å². The summed E-state index contributed by atoms with van der Waals surface area (Å²) in [6.45, 7) is 0. The fraction of sp³-hybridized carbons (Fsp3) is 0.778. The number of rotatable bonds is 2. The van der Waals surface area contributed by atoms with Crippen molar-refractivity contribution in [3.05, 3.63) is 11.4 Å². The molecule has 5 aliphatic rings. The van der Waals surface area contributed by atoms with Gasteiger partial charge in [0.2, 0.25) is 0 Å². The van der Waals surface area contributed by atoms with E-state index in [1.54, 1.807) is 6.08 Å². The maximum absolute atomic E-state index is 11.6. The van der Waals surface area contributed by atoms with Crippen molar-refractivity contribution >= 4 is 15.2 Å². The molecule has 3 saturated carbocycles. The lowest BCUT2D eigenvalue weighted by molar-refractivity contribution is 0.0109. The van der Waals surface area contributed by atoms with Gasteiger partial charge in [0.25, 0.3) is 0 Å². The molecule has 0 aromatic heterocycles. The minimum absolute atomic E-state index is 0.0282. The first kappa shape index (κ1) is 12.1. The van der Waals surface area contributed by atoms with Gasteiger partial charge >= 0.3 is 15.2 Å². The normalized spacial score (nSPS) is 44.2. The van der Waals surface area contributed by atoms with Crippen molar-refractivity contribution in [1.82, 2.24) is 0 Å². The maximum Gasteiger partial charge on any atom is 0.352 e. The Balaban J connectivity index is 2.10. The van der Waals surface area contributed by atoms with Crippen molar-refractivity contribution in [1.29, 1.82) is 0 Å². The molecule has 5 aliphatic carbocycles. The van der Waals surface area contributed by atoms with E-state index in [2.05, 4.69) is 0 Å². The minimum Gasteiger partial charge on any atom is -0.324 e. The van der Waals surface area contributed by atoms with Crippen LogP contribution in [0.3, 0.4) is 0 Å². The van der Waals surface area contributed by atoms with Crippen LogP contribution in [0.1, 0.15) is 19.3 Å². The summed E-state index contributed by atoms with van der Waals surface area (Å²) in [5.41, 5.74) is 0. The Morgan fingerprint density at radius 2 is 1.82 bits per heavy atom. The summed E-state index contributed by atoms with van der Waals surface area (Å²) >= 11 is 0. The highest BCUT2D eigenvalue weighted by molar-refractivity contribution is 7.57. The Morgan fingerprint density at radius 3 is 2.29 bits per heavy atom. The molecular weight excluding hydrogens is 266 g/mol. The fourth-order valence-electron chi connectivity index (χ4n) is 4.02. The molecular formula is C9H14O6P2. The summed E-state index contributed by atoms with van der Waals surface area (Å²) in [6.07, 6.45) is 3.11. The summed E-state index contributed by atoms with van der Waals surface area (Å²) in [7, 11) is -8.70. The van der Waals surface area contributed by atoms with E-state index < -0.39 is 26.3 Å². The van der Waals surface area contributed by atoms with Crippen LogP contribution >= 0.6 is 15.2 Å². The molecule has 0 aliphatic heterocycles. The molecule has 5 rings (SSSR count). The molecule has 17 heavy (non-hydrogen) atoms. The van der Waals surface area contributed by atoms with E-state index >= 15 is 0 Å². The summed E-state index contributed by atoms with van der Waals surface area (Å²) in [5.74, 6) is -0.669. The highest BCUT2D eigenvalue weighted by atomic mass is 31.2. The monoisotopic (exact) mass is 280 g/mol. The molecule has 0 heterocycles. The number of allylic oxidation sites excluding steroid dienone is 2. The van der Waals surface area contributed by atoms with Crippen LogP contribution in [0.2, 0.25) is 0 Å². The second-order valence-corrected chi connectivity index (χ2v) is 9.01. The van der Waals surface area contributed by atoms with Gasteiger partial charge in [0, 0.05) is 11.2 Å². The van der Waals surface area contributed by atoms with E-state index in [-0.39, 0.29) is 17.2 Å². The van der Waals surface area contributed by atoms with Gasteiger partial charge in [-0.05, 0) is 31.1 Å². The van der Waals surface area contributed by atoms with E-state index in [1.165, 1.54) is 0 Å². The lowest BCUT2D eigenvalue weighted by atomic mass is 9.50. The van der Waals surface area contributed by atoms with Crippen LogP contribution in [0.15, 0.2) is 11.4 Å². The third-order valence-corrected chi connectivity index (χ3v) is 7.43. The number of hydrogen-bond acceptors (Lipinski definition) is 2. The van der Waals surface area contributed by atoms with E-state index in [0.717, 1.165) is 6.42 Å². The molecule has 6 nitrogen and oxygen atoms in total. The zero-order valence-electron chi connectivity index (χ0n) is 8.93.